The van der Waals surface area contributed by atoms with E-state index in [0.717, 1.165) is 10.4 Å². The molecular formula is C24H21N3O4S. The first-order valence-corrected chi connectivity index (χ1v) is 11.1. The van der Waals surface area contributed by atoms with E-state index >= 15 is 0 Å². The molecule has 0 N–H and O–H groups in total. The van der Waals surface area contributed by atoms with Crippen LogP contribution in [0.2, 0.25) is 0 Å². The summed E-state index contributed by atoms with van der Waals surface area (Å²) in [5.41, 5.74) is 2.04. The van der Waals surface area contributed by atoms with E-state index in [1.54, 1.807) is 22.3 Å². The number of aryl methyl sites for hydroxylation is 1. The Morgan fingerprint density at radius 2 is 1.97 bits per heavy atom. The number of ether oxygens (including phenoxy) is 2. The van der Waals surface area contributed by atoms with Crippen LogP contribution in [0.1, 0.15) is 10.4 Å². The Morgan fingerprint density at radius 3 is 2.78 bits per heavy atom. The largest absolute Gasteiger partial charge is 0.486 e. The second kappa shape index (κ2) is 8.47. The molecule has 0 fully saturated rings. The monoisotopic (exact) mass is 447 g/mol. The fourth-order valence-corrected chi connectivity index (χ4v) is 4.39. The van der Waals surface area contributed by atoms with E-state index in [1.807, 2.05) is 54.8 Å². The number of nitrogens with zero attached hydrogens (tertiary/aromatic N) is 3. The summed E-state index contributed by atoms with van der Waals surface area (Å²) in [5, 5.41) is 2.48. The van der Waals surface area contributed by atoms with Gasteiger partial charge in [-0.15, -0.1) is 11.3 Å². The highest BCUT2D eigenvalue weighted by Crippen LogP contribution is 2.34. The molecule has 7 nitrogen and oxygen atoms in total. The van der Waals surface area contributed by atoms with Gasteiger partial charge in [-0.05, 0) is 42.6 Å². The lowest BCUT2D eigenvalue weighted by Gasteiger charge is -2.25. The molecule has 0 saturated carbocycles. The van der Waals surface area contributed by atoms with Gasteiger partial charge in [0.05, 0.1) is 23.8 Å². The number of benzene rings is 2. The van der Waals surface area contributed by atoms with Crippen molar-refractivity contribution in [3.63, 3.8) is 0 Å². The van der Waals surface area contributed by atoms with Gasteiger partial charge in [0.1, 0.15) is 19.8 Å². The van der Waals surface area contributed by atoms with Gasteiger partial charge in [0.2, 0.25) is 5.91 Å². The van der Waals surface area contributed by atoms with Crippen molar-refractivity contribution in [1.82, 2.24) is 9.55 Å². The lowest BCUT2D eigenvalue weighted by Crippen LogP contribution is -2.36. The maximum absolute atomic E-state index is 13.4. The zero-order valence-electron chi connectivity index (χ0n) is 17.5. The van der Waals surface area contributed by atoms with Crippen molar-refractivity contribution < 1.29 is 14.3 Å². The summed E-state index contributed by atoms with van der Waals surface area (Å²) in [7, 11) is 0. The number of thiophene rings is 1. The Bertz CT molecular complexity index is 1350. The van der Waals surface area contributed by atoms with Gasteiger partial charge in [-0.25, -0.2) is 4.98 Å². The number of hydrogen-bond donors (Lipinski definition) is 0. The van der Waals surface area contributed by atoms with Crippen LogP contribution in [-0.2, 0) is 17.9 Å². The van der Waals surface area contributed by atoms with Gasteiger partial charge in [-0.1, -0.05) is 17.7 Å². The molecule has 0 unspecified atom stereocenters. The third-order valence-corrected chi connectivity index (χ3v) is 6.18. The first-order valence-electron chi connectivity index (χ1n) is 10.3. The van der Waals surface area contributed by atoms with Gasteiger partial charge >= 0.3 is 0 Å². The molecule has 0 spiro atoms. The predicted molar refractivity (Wildman–Crippen MR) is 124 cm³/mol. The highest BCUT2D eigenvalue weighted by Gasteiger charge is 2.21. The average molecular weight is 448 g/mol. The first kappa shape index (κ1) is 20.3. The van der Waals surface area contributed by atoms with Gasteiger partial charge in [0.15, 0.2) is 11.5 Å². The summed E-state index contributed by atoms with van der Waals surface area (Å²) < 4.78 is 12.7. The molecule has 4 aromatic rings. The Labute approximate surface area is 188 Å². The second-order valence-corrected chi connectivity index (χ2v) is 8.62. The SMILES string of the molecule is Cc1ccc2ncn(CC(=O)N(Cc3cccs3)c3ccc4c(c3)OCCO4)c(=O)c2c1. The quantitative estimate of drug-likeness (QED) is 0.466. The van der Waals surface area contributed by atoms with E-state index in [1.165, 1.54) is 10.9 Å². The fourth-order valence-electron chi connectivity index (χ4n) is 3.70. The number of fused-ring (bicyclic) bond motifs is 2. The number of carbonyl (C=O) groups is 1. The summed E-state index contributed by atoms with van der Waals surface area (Å²) in [4.78, 5) is 33.5. The normalized spacial score (nSPS) is 12.7. The number of aromatic nitrogens is 2. The smallest absolute Gasteiger partial charge is 0.261 e. The first-order chi connectivity index (χ1) is 15.6. The van der Waals surface area contributed by atoms with Crippen molar-refractivity contribution in [2.24, 2.45) is 0 Å². The second-order valence-electron chi connectivity index (χ2n) is 7.59. The zero-order valence-corrected chi connectivity index (χ0v) is 18.3. The Morgan fingerprint density at radius 1 is 1.12 bits per heavy atom. The maximum atomic E-state index is 13.4. The zero-order chi connectivity index (χ0) is 22.1. The summed E-state index contributed by atoms with van der Waals surface area (Å²) in [5.74, 6) is 1.05. The molecule has 3 heterocycles. The standard InChI is InChI=1S/C24H21N3O4S/c1-16-4-6-20-19(11-16)24(29)26(15-25-20)14-23(28)27(13-18-3-2-10-32-18)17-5-7-21-22(12-17)31-9-8-30-21/h2-7,10-12,15H,8-9,13-14H2,1H3. The van der Waals surface area contributed by atoms with Gasteiger partial charge in [0, 0.05) is 16.6 Å². The fraction of sp³-hybridized carbons (Fsp3) is 0.208. The minimum absolute atomic E-state index is 0.116. The Balaban J connectivity index is 1.49. The predicted octanol–water partition coefficient (Wildman–Crippen LogP) is 3.77. The van der Waals surface area contributed by atoms with Crippen LogP contribution >= 0.6 is 11.3 Å². The number of amides is 1. The van der Waals surface area contributed by atoms with Crippen LogP contribution in [0.5, 0.6) is 11.5 Å². The summed E-state index contributed by atoms with van der Waals surface area (Å²) in [6.07, 6.45) is 1.44. The van der Waals surface area contributed by atoms with Crippen LogP contribution in [0.15, 0.2) is 65.0 Å². The van der Waals surface area contributed by atoms with E-state index < -0.39 is 0 Å². The van der Waals surface area contributed by atoms with Crippen molar-refractivity contribution in [3.8, 4) is 11.5 Å². The van der Waals surface area contributed by atoms with Crippen molar-refractivity contribution >= 4 is 33.8 Å². The third kappa shape index (κ3) is 3.97. The van der Waals surface area contributed by atoms with Crippen LogP contribution in [0, 0.1) is 6.92 Å². The van der Waals surface area contributed by atoms with E-state index in [-0.39, 0.29) is 18.0 Å². The molecule has 0 saturated heterocycles. The van der Waals surface area contributed by atoms with Crippen LogP contribution in [0.4, 0.5) is 5.69 Å². The Kier molecular flexibility index (Phi) is 5.36. The number of rotatable bonds is 5. The number of carbonyl (C=O) groups excluding carboxylic acids is 1. The van der Waals surface area contributed by atoms with E-state index in [0.29, 0.717) is 47.8 Å². The molecular weight excluding hydrogens is 426 g/mol. The molecule has 0 radical (unpaired) electrons. The van der Waals surface area contributed by atoms with Crippen LogP contribution in [0.25, 0.3) is 10.9 Å². The number of hydrogen-bond acceptors (Lipinski definition) is 6. The highest BCUT2D eigenvalue weighted by molar-refractivity contribution is 7.09. The van der Waals surface area contributed by atoms with Crippen molar-refractivity contribution in [2.75, 3.05) is 18.1 Å². The Hall–Kier alpha value is -3.65. The van der Waals surface area contributed by atoms with Crippen molar-refractivity contribution in [3.05, 3.63) is 81.0 Å². The molecule has 1 amide bonds. The van der Waals surface area contributed by atoms with Crippen molar-refractivity contribution in [2.45, 2.75) is 20.0 Å². The molecule has 1 aliphatic rings. The summed E-state index contributed by atoms with van der Waals surface area (Å²) in [6.45, 7) is 3.17. The van der Waals surface area contributed by atoms with E-state index in [4.69, 9.17) is 9.47 Å². The molecule has 32 heavy (non-hydrogen) atoms. The minimum Gasteiger partial charge on any atom is -0.486 e. The molecule has 0 bridgehead atoms. The van der Waals surface area contributed by atoms with Crippen LogP contribution in [-0.4, -0.2) is 28.7 Å². The van der Waals surface area contributed by atoms with Gasteiger partial charge in [-0.2, -0.15) is 0 Å². The van der Waals surface area contributed by atoms with Crippen molar-refractivity contribution in [1.29, 1.82) is 0 Å². The molecule has 0 atom stereocenters. The molecule has 2 aromatic carbocycles. The van der Waals surface area contributed by atoms with E-state index in [9.17, 15) is 9.59 Å². The topological polar surface area (TPSA) is 73.7 Å². The van der Waals surface area contributed by atoms with Crippen LogP contribution in [0.3, 0.4) is 0 Å². The molecule has 1 aliphatic heterocycles. The highest BCUT2D eigenvalue weighted by atomic mass is 32.1. The van der Waals surface area contributed by atoms with Crippen LogP contribution < -0.4 is 19.9 Å². The third-order valence-electron chi connectivity index (χ3n) is 5.32. The van der Waals surface area contributed by atoms with E-state index in [2.05, 4.69) is 4.98 Å². The van der Waals surface area contributed by atoms with Gasteiger partial charge in [-0.3, -0.25) is 14.2 Å². The molecule has 162 valence electrons. The molecule has 0 aliphatic carbocycles. The van der Waals surface area contributed by atoms with Gasteiger partial charge < -0.3 is 14.4 Å². The lowest BCUT2D eigenvalue weighted by atomic mass is 10.2. The molecule has 5 rings (SSSR count). The molecule has 2 aromatic heterocycles. The maximum Gasteiger partial charge on any atom is 0.261 e. The van der Waals surface area contributed by atoms with Gasteiger partial charge in [0.25, 0.3) is 5.56 Å². The summed E-state index contributed by atoms with van der Waals surface area (Å²) in [6, 6.07) is 14.9. The minimum atomic E-state index is -0.231. The average Bonchev–Trinajstić information content (AvgIpc) is 3.33. The molecule has 8 heteroatoms. The lowest BCUT2D eigenvalue weighted by molar-refractivity contribution is -0.119. The number of anilines is 1. The summed E-state index contributed by atoms with van der Waals surface area (Å²) >= 11 is 1.57.